The first-order chi connectivity index (χ1) is 14.0. The van der Waals surface area contributed by atoms with Gasteiger partial charge in [0, 0.05) is 43.3 Å². The molecule has 0 bridgehead atoms. The molecule has 1 saturated carbocycles. The van der Waals surface area contributed by atoms with Crippen LogP contribution in [0.2, 0.25) is 0 Å². The van der Waals surface area contributed by atoms with E-state index in [0.29, 0.717) is 13.0 Å². The quantitative estimate of drug-likeness (QED) is 0.682. The van der Waals surface area contributed by atoms with Crippen LogP contribution in [-0.2, 0) is 16.1 Å². The molecule has 2 fully saturated rings. The number of amides is 3. The van der Waals surface area contributed by atoms with Gasteiger partial charge >= 0.3 is 6.03 Å². The Morgan fingerprint density at radius 1 is 1.14 bits per heavy atom. The second-order valence-electron chi connectivity index (χ2n) is 8.32. The van der Waals surface area contributed by atoms with Gasteiger partial charge in [0.1, 0.15) is 0 Å². The number of benzene rings is 1. The molecule has 2 aliphatic rings. The summed E-state index contributed by atoms with van der Waals surface area (Å²) in [6, 6.07) is 8.33. The third-order valence-corrected chi connectivity index (χ3v) is 5.58. The predicted molar refractivity (Wildman–Crippen MR) is 114 cm³/mol. The lowest BCUT2D eigenvalue weighted by molar-refractivity contribution is -0.126. The van der Waals surface area contributed by atoms with Crippen molar-refractivity contribution < 1.29 is 14.3 Å². The number of urea groups is 1. The highest BCUT2D eigenvalue weighted by Crippen LogP contribution is 2.24. The number of carbonyl (C=O) groups excluding carboxylic acids is 2. The summed E-state index contributed by atoms with van der Waals surface area (Å²) < 4.78 is 5.39. The topological polar surface area (TPSA) is 82.7 Å². The van der Waals surface area contributed by atoms with Gasteiger partial charge in [-0.3, -0.25) is 4.79 Å². The molecule has 160 valence electrons. The number of ether oxygens (including phenoxy) is 1. The van der Waals surface area contributed by atoms with E-state index in [1.807, 2.05) is 13.8 Å². The average molecular weight is 403 g/mol. The zero-order valence-corrected chi connectivity index (χ0v) is 17.6. The number of rotatable bonds is 6. The van der Waals surface area contributed by atoms with Gasteiger partial charge in [-0.25, -0.2) is 4.79 Å². The number of nitrogens with zero attached hydrogens (tertiary/aromatic N) is 1. The van der Waals surface area contributed by atoms with Crippen molar-refractivity contribution in [2.75, 3.05) is 31.2 Å². The largest absolute Gasteiger partial charge is 0.378 e. The predicted octanol–water partition coefficient (Wildman–Crippen LogP) is 2.41. The van der Waals surface area contributed by atoms with E-state index >= 15 is 0 Å². The van der Waals surface area contributed by atoms with E-state index < -0.39 is 0 Å². The van der Waals surface area contributed by atoms with Crippen LogP contribution in [0.1, 0.15) is 45.1 Å². The second-order valence-corrected chi connectivity index (χ2v) is 8.32. The van der Waals surface area contributed by atoms with Gasteiger partial charge in [-0.15, -0.1) is 0 Å². The van der Waals surface area contributed by atoms with Crippen LogP contribution in [0.25, 0.3) is 0 Å². The van der Waals surface area contributed by atoms with Crippen molar-refractivity contribution >= 4 is 17.6 Å². The maximum absolute atomic E-state index is 12.3. The van der Waals surface area contributed by atoms with E-state index in [0.717, 1.165) is 51.1 Å². The normalized spacial score (nSPS) is 22.2. The summed E-state index contributed by atoms with van der Waals surface area (Å²) in [6.07, 6.45) is 3.49. The average Bonchev–Trinajstić information content (AvgIpc) is 2.73. The summed E-state index contributed by atoms with van der Waals surface area (Å²) >= 11 is 0. The molecule has 3 amide bonds. The number of anilines is 1. The zero-order chi connectivity index (χ0) is 20.6. The first-order valence-corrected chi connectivity index (χ1v) is 10.8. The van der Waals surface area contributed by atoms with Gasteiger partial charge in [0.25, 0.3) is 0 Å². The van der Waals surface area contributed by atoms with Gasteiger partial charge in [-0.2, -0.15) is 0 Å². The summed E-state index contributed by atoms with van der Waals surface area (Å²) in [5.74, 6) is 0.0939. The Labute approximate surface area is 173 Å². The monoisotopic (exact) mass is 402 g/mol. The summed E-state index contributed by atoms with van der Waals surface area (Å²) in [5.41, 5.74) is 2.25. The SMILES string of the molecule is CC(C)NC(=O)C1CCCC(NC(=O)NCc2ccc(N3CCOCC3)cc2)C1. The summed E-state index contributed by atoms with van der Waals surface area (Å²) in [7, 11) is 0. The minimum absolute atomic E-state index is 0.0100. The third kappa shape index (κ3) is 6.63. The van der Waals surface area contributed by atoms with E-state index in [4.69, 9.17) is 4.74 Å². The molecule has 0 spiro atoms. The van der Waals surface area contributed by atoms with E-state index in [1.165, 1.54) is 5.69 Å². The van der Waals surface area contributed by atoms with Crippen LogP contribution in [-0.4, -0.2) is 50.3 Å². The van der Waals surface area contributed by atoms with Crippen molar-refractivity contribution in [1.29, 1.82) is 0 Å². The molecule has 1 heterocycles. The molecule has 1 aliphatic carbocycles. The van der Waals surface area contributed by atoms with Crippen molar-refractivity contribution in [3.63, 3.8) is 0 Å². The highest BCUT2D eigenvalue weighted by atomic mass is 16.5. The molecule has 7 heteroatoms. The molecule has 2 unspecified atom stereocenters. The minimum atomic E-state index is -0.169. The Hall–Kier alpha value is -2.28. The van der Waals surface area contributed by atoms with Crippen LogP contribution in [0, 0.1) is 5.92 Å². The summed E-state index contributed by atoms with van der Waals surface area (Å²) in [5, 5.41) is 8.96. The Morgan fingerprint density at radius 3 is 2.55 bits per heavy atom. The molecule has 0 radical (unpaired) electrons. The Balaban J connectivity index is 1.41. The first-order valence-electron chi connectivity index (χ1n) is 10.8. The summed E-state index contributed by atoms with van der Waals surface area (Å²) in [4.78, 5) is 26.9. The number of carbonyl (C=O) groups is 2. The number of hydrogen-bond acceptors (Lipinski definition) is 4. The summed E-state index contributed by atoms with van der Waals surface area (Å²) in [6.45, 7) is 7.79. The van der Waals surface area contributed by atoms with Gasteiger partial charge in [0.2, 0.25) is 5.91 Å². The molecule has 29 heavy (non-hydrogen) atoms. The fraction of sp³-hybridized carbons (Fsp3) is 0.636. The van der Waals surface area contributed by atoms with Crippen molar-refractivity contribution in [2.45, 2.75) is 58.2 Å². The second kappa shape index (κ2) is 10.5. The van der Waals surface area contributed by atoms with Crippen molar-refractivity contribution in [3.8, 4) is 0 Å². The van der Waals surface area contributed by atoms with Crippen molar-refractivity contribution in [3.05, 3.63) is 29.8 Å². The van der Waals surface area contributed by atoms with E-state index in [-0.39, 0.29) is 29.9 Å². The Kier molecular flexibility index (Phi) is 7.75. The van der Waals surface area contributed by atoms with Gasteiger partial charge < -0.3 is 25.6 Å². The molecule has 1 aliphatic heterocycles. The molecule has 1 saturated heterocycles. The maximum atomic E-state index is 12.3. The van der Waals surface area contributed by atoms with Crippen LogP contribution in [0.3, 0.4) is 0 Å². The van der Waals surface area contributed by atoms with Crippen molar-refractivity contribution in [2.24, 2.45) is 5.92 Å². The van der Waals surface area contributed by atoms with Gasteiger partial charge in [0.05, 0.1) is 13.2 Å². The molecular weight excluding hydrogens is 368 g/mol. The molecular formula is C22H34N4O3. The van der Waals surface area contributed by atoms with Crippen LogP contribution >= 0.6 is 0 Å². The lowest BCUT2D eigenvalue weighted by Crippen LogP contribution is -2.46. The fourth-order valence-electron chi connectivity index (χ4n) is 4.03. The highest BCUT2D eigenvalue weighted by molar-refractivity contribution is 5.79. The van der Waals surface area contributed by atoms with E-state index in [2.05, 4.69) is 45.1 Å². The molecule has 1 aromatic rings. The van der Waals surface area contributed by atoms with Gasteiger partial charge in [-0.1, -0.05) is 18.6 Å². The van der Waals surface area contributed by atoms with E-state index in [9.17, 15) is 9.59 Å². The first kappa shape index (κ1) is 21.4. The van der Waals surface area contributed by atoms with Crippen LogP contribution in [0.4, 0.5) is 10.5 Å². The van der Waals surface area contributed by atoms with Crippen LogP contribution < -0.4 is 20.9 Å². The molecule has 3 rings (SSSR count). The molecule has 3 N–H and O–H groups in total. The van der Waals surface area contributed by atoms with Crippen molar-refractivity contribution in [1.82, 2.24) is 16.0 Å². The zero-order valence-electron chi connectivity index (χ0n) is 17.6. The van der Waals surface area contributed by atoms with Crippen LogP contribution in [0.15, 0.2) is 24.3 Å². The highest BCUT2D eigenvalue weighted by Gasteiger charge is 2.28. The number of morpholine rings is 1. The smallest absolute Gasteiger partial charge is 0.315 e. The minimum Gasteiger partial charge on any atom is -0.378 e. The number of nitrogens with one attached hydrogen (secondary N) is 3. The molecule has 1 aromatic carbocycles. The Morgan fingerprint density at radius 2 is 1.86 bits per heavy atom. The van der Waals surface area contributed by atoms with Gasteiger partial charge in [-0.05, 0) is 50.8 Å². The number of hydrogen-bond donors (Lipinski definition) is 3. The molecule has 2 atom stereocenters. The standard InChI is InChI=1S/C22H34N4O3/c1-16(2)24-21(27)18-4-3-5-19(14-18)25-22(28)23-15-17-6-8-20(9-7-17)26-10-12-29-13-11-26/h6-9,16,18-19H,3-5,10-15H2,1-2H3,(H,24,27)(H2,23,25,28). The maximum Gasteiger partial charge on any atom is 0.315 e. The Bertz CT molecular complexity index is 671. The lowest BCUT2D eigenvalue weighted by atomic mass is 9.85. The van der Waals surface area contributed by atoms with Gasteiger partial charge in [0.15, 0.2) is 0 Å². The third-order valence-electron chi connectivity index (χ3n) is 5.58. The molecule has 0 aromatic heterocycles. The molecule has 7 nitrogen and oxygen atoms in total. The fourth-order valence-corrected chi connectivity index (χ4v) is 4.03. The van der Waals surface area contributed by atoms with Crippen LogP contribution in [0.5, 0.6) is 0 Å². The lowest BCUT2D eigenvalue weighted by Gasteiger charge is -2.29. The van der Waals surface area contributed by atoms with E-state index in [1.54, 1.807) is 0 Å².